The van der Waals surface area contributed by atoms with Crippen LogP contribution in [0.2, 0.25) is 0 Å². The summed E-state index contributed by atoms with van der Waals surface area (Å²) in [5, 5.41) is 11.7. The molecule has 2 aromatic carbocycles. The van der Waals surface area contributed by atoms with Crippen molar-refractivity contribution in [2.24, 2.45) is 0 Å². The van der Waals surface area contributed by atoms with E-state index in [1.54, 1.807) is 24.3 Å². The van der Waals surface area contributed by atoms with Gasteiger partial charge in [-0.25, -0.2) is 4.39 Å². The van der Waals surface area contributed by atoms with Crippen LogP contribution in [-0.4, -0.2) is 4.98 Å². The molecule has 0 radical (unpaired) electrons. The van der Waals surface area contributed by atoms with E-state index in [0.29, 0.717) is 22.5 Å². The van der Waals surface area contributed by atoms with Gasteiger partial charge in [0.1, 0.15) is 17.4 Å². The summed E-state index contributed by atoms with van der Waals surface area (Å²) >= 11 is 0. The van der Waals surface area contributed by atoms with Crippen molar-refractivity contribution < 1.29 is 8.81 Å². The minimum absolute atomic E-state index is 0.0460. The van der Waals surface area contributed by atoms with Gasteiger partial charge in [0.05, 0.1) is 5.56 Å². The highest BCUT2D eigenvalue weighted by atomic mass is 19.1. The van der Waals surface area contributed by atoms with Crippen molar-refractivity contribution in [1.29, 1.82) is 5.26 Å². The fourth-order valence-corrected chi connectivity index (χ4v) is 1.81. The smallest absolute Gasteiger partial charge is 0.300 e. The van der Waals surface area contributed by atoms with E-state index >= 15 is 0 Å². The zero-order chi connectivity index (χ0) is 14.1. The fraction of sp³-hybridized carbons (Fsp3) is 0. The highest BCUT2D eigenvalue weighted by molar-refractivity contribution is 5.78. The maximum atomic E-state index is 13.2. The number of halogens is 1. The Morgan fingerprint density at radius 3 is 2.90 bits per heavy atom. The van der Waals surface area contributed by atoms with E-state index in [0.717, 1.165) is 0 Å². The standard InChI is InChI=1S/C14H9FN4O/c15-11-3-2-10(5-8(11)7-16)18-14-19-12-6-9(17)1-4-13(12)20-14/h1-6H,17H2,(H,18,19). The number of nitrogens with one attached hydrogen (secondary N) is 1. The van der Waals surface area contributed by atoms with Crippen LogP contribution < -0.4 is 11.1 Å². The summed E-state index contributed by atoms with van der Waals surface area (Å²) < 4.78 is 18.7. The predicted molar refractivity (Wildman–Crippen MR) is 72.8 cm³/mol. The Morgan fingerprint density at radius 1 is 1.25 bits per heavy atom. The first-order valence-electron chi connectivity index (χ1n) is 5.78. The summed E-state index contributed by atoms with van der Waals surface area (Å²) in [6.07, 6.45) is 0. The van der Waals surface area contributed by atoms with Gasteiger partial charge in [-0.05, 0) is 36.4 Å². The first-order chi connectivity index (χ1) is 9.65. The number of hydrogen-bond donors (Lipinski definition) is 2. The van der Waals surface area contributed by atoms with E-state index in [1.807, 2.05) is 0 Å². The topological polar surface area (TPSA) is 87.9 Å². The second kappa shape index (κ2) is 4.55. The molecule has 5 nitrogen and oxygen atoms in total. The van der Waals surface area contributed by atoms with Crippen molar-refractivity contribution >= 4 is 28.5 Å². The molecule has 0 amide bonds. The summed E-state index contributed by atoms with van der Waals surface area (Å²) in [4.78, 5) is 4.21. The number of oxazole rings is 1. The molecule has 0 unspecified atom stereocenters. The third kappa shape index (κ3) is 2.12. The maximum Gasteiger partial charge on any atom is 0.300 e. The Balaban J connectivity index is 1.95. The Morgan fingerprint density at radius 2 is 2.10 bits per heavy atom. The lowest BCUT2D eigenvalue weighted by molar-refractivity contribution is 0.620. The Kier molecular flexibility index (Phi) is 2.73. The number of hydrogen-bond acceptors (Lipinski definition) is 5. The van der Waals surface area contributed by atoms with Crippen LogP contribution in [0.5, 0.6) is 0 Å². The van der Waals surface area contributed by atoms with Gasteiger partial charge in [0.15, 0.2) is 5.58 Å². The van der Waals surface area contributed by atoms with Crippen LogP contribution in [0.15, 0.2) is 40.8 Å². The summed E-state index contributed by atoms with van der Waals surface area (Å²) in [6, 6.07) is 11.2. The van der Waals surface area contributed by atoms with Gasteiger partial charge < -0.3 is 15.5 Å². The van der Waals surface area contributed by atoms with E-state index in [9.17, 15) is 4.39 Å². The Hall–Kier alpha value is -3.07. The molecule has 0 bridgehead atoms. The molecule has 6 heteroatoms. The van der Waals surface area contributed by atoms with Gasteiger partial charge in [-0.2, -0.15) is 10.2 Å². The summed E-state index contributed by atoms with van der Waals surface area (Å²) in [6.45, 7) is 0. The normalized spacial score (nSPS) is 10.4. The van der Waals surface area contributed by atoms with Gasteiger partial charge in [-0.1, -0.05) is 0 Å². The number of aromatic nitrogens is 1. The minimum atomic E-state index is -0.566. The number of rotatable bonds is 2. The Bertz CT molecular complexity index is 835. The average molecular weight is 268 g/mol. The van der Waals surface area contributed by atoms with Crippen LogP contribution in [-0.2, 0) is 0 Å². The maximum absolute atomic E-state index is 13.2. The molecular weight excluding hydrogens is 259 g/mol. The number of anilines is 3. The molecular formula is C14H9FN4O. The molecule has 3 rings (SSSR count). The van der Waals surface area contributed by atoms with Crippen molar-refractivity contribution in [2.45, 2.75) is 0 Å². The van der Waals surface area contributed by atoms with Crippen LogP contribution in [0.3, 0.4) is 0 Å². The third-order valence-electron chi connectivity index (χ3n) is 2.75. The van der Waals surface area contributed by atoms with E-state index in [-0.39, 0.29) is 11.6 Å². The molecule has 0 saturated heterocycles. The second-order valence-electron chi connectivity index (χ2n) is 4.18. The fourth-order valence-electron chi connectivity index (χ4n) is 1.81. The highest BCUT2D eigenvalue weighted by Crippen LogP contribution is 2.24. The molecule has 1 heterocycles. The lowest BCUT2D eigenvalue weighted by Gasteiger charge is -2.01. The van der Waals surface area contributed by atoms with Crippen molar-refractivity contribution in [1.82, 2.24) is 4.98 Å². The quantitative estimate of drug-likeness (QED) is 0.697. The van der Waals surface area contributed by atoms with Crippen LogP contribution >= 0.6 is 0 Å². The van der Waals surface area contributed by atoms with Crippen molar-refractivity contribution in [2.75, 3.05) is 11.1 Å². The van der Waals surface area contributed by atoms with E-state index in [4.69, 9.17) is 15.4 Å². The van der Waals surface area contributed by atoms with Crippen LogP contribution in [0.4, 0.5) is 21.8 Å². The van der Waals surface area contributed by atoms with Crippen molar-refractivity contribution in [3.8, 4) is 6.07 Å². The van der Waals surface area contributed by atoms with Crippen LogP contribution in [0.1, 0.15) is 5.56 Å². The average Bonchev–Trinajstić information content (AvgIpc) is 2.82. The first-order valence-corrected chi connectivity index (χ1v) is 5.78. The number of fused-ring (bicyclic) bond motifs is 1. The molecule has 20 heavy (non-hydrogen) atoms. The molecule has 1 aromatic heterocycles. The number of benzene rings is 2. The number of nitriles is 1. The van der Waals surface area contributed by atoms with Gasteiger partial charge in [0.25, 0.3) is 6.01 Å². The molecule has 0 fully saturated rings. The van der Waals surface area contributed by atoms with E-state index in [1.165, 1.54) is 18.2 Å². The van der Waals surface area contributed by atoms with E-state index < -0.39 is 5.82 Å². The summed E-state index contributed by atoms with van der Waals surface area (Å²) in [5.41, 5.74) is 7.93. The van der Waals surface area contributed by atoms with Gasteiger partial charge >= 0.3 is 0 Å². The lowest BCUT2D eigenvalue weighted by Crippen LogP contribution is -1.92. The largest absolute Gasteiger partial charge is 0.423 e. The molecule has 0 aliphatic carbocycles. The number of nitrogens with two attached hydrogens (primary N) is 1. The number of nitrogen functional groups attached to an aromatic ring is 1. The molecule has 0 atom stereocenters. The molecule has 0 aliphatic heterocycles. The van der Waals surface area contributed by atoms with Crippen molar-refractivity contribution in [3.05, 3.63) is 47.8 Å². The van der Waals surface area contributed by atoms with Gasteiger partial charge in [0, 0.05) is 11.4 Å². The SMILES string of the molecule is N#Cc1cc(Nc2nc3cc(N)ccc3o2)ccc1F. The van der Waals surface area contributed by atoms with Crippen molar-refractivity contribution in [3.63, 3.8) is 0 Å². The zero-order valence-corrected chi connectivity index (χ0v) is 10.2. The lowest BCUT2D eigenvalue weighted by atomic mass is 10.2. The van der Waals surface area contributed by atoms with E-state index in [2.05, 4.69) is 10.3 Å². The first kappa shape index (κ1) is 12.0. The highest BCUT2D eigenvalue weighted by Gasteiger charge is 2.08. The van der Waals surface area contributed by atoms with Gasteiger partial charge in [0.2, 0.25) is 0 Å². The number of nitrogens with zero attached hydrogens (tertiary/aromatic N) is 2. The third-order valence-corrected chi connectivity index (χ3v) is 2.75. The Labute approximate surface area is 113 Å². The molecule has 0 saturated carbocycles. The molecule has 98 valence electrons. The summed E-state index contributed by atoms with van der Waals surface area (Å²) in [5.74, 6) is -0.566. The van der Waals surface area contributed by atoms with Crippen LogP contribution in [0.25, 0.3) is 11.1 Å². The molecule has 3 N–H and O–H groups in total. The van der Waals surface area contributed by atoms with Gasteiger partial charge in [-0.3, -0.25) is 0 Å². The minimum Gasteiger partial charge on any atom is -0.423 e. The predicted octanol–water partition coefficient (Wildman–Crippen LogP) is 3.16. The molecule has 0 aliphatic rings. The molecule has 3 aromatic rings. The summed E-state index contributed by atoms with van der Waals surface area (Å²) in [7, 11) is 0. The second-order valence-corrected chi connectivity index (χ2v) is 4.18. The van der Waals surface area contributed by atoms with Crippen LogP contribution in [0, 0.1) is 17.1 Å². The van der Waals surface area contributed by atoms with Gasteiger partial charge in [-0.15, -0.1) is 0 Å². The zero-order valence-electron chi connectivity index (χ0n) is 10.2. The molecule has 0 spiro atoms. The monoisotopic (exact) mass is 268 g/mol.